The molecule has 0 N–H and O–H groups in total. The van der Waals surface area contributed by atoms with Gasteiger partial charge in [-0.2, -0.15) is 0 Å². The highest BCUT2D eigenvalue weighted by molar-refractivity contribution is 7.10. The summed E-state index contributed by atoms with van der Waals surface area (Å²) in [6.07, 6.45) is 15.5. The van der Waals surface area contributed by atoms with Gasteiger partial charge in [0.2, 0.25) is 12.0 Å². The molecule has 1 aliphatic carbocycles. The number of hydrogen-bond acceptors (Lipinski definition) is 5. The van der Waals surface area contributed by atoms with Crippen molar-refractivity contribution >= 4 is 52.0 Å². The molecule has 2 aromatic heterocycles. The monoisotopic (exact) mass is 595 g/mol. The van der Waals surface area contributed by atoms with Gasteiger partial charge >= 0.3 is 11.7 Å². The molecule has 0 saturated heterocycles. The molecule has 1 aliphatic heterocycles. The van der Waals surface area contributed by atoms with Crippen LogP contribution in [0.25, 0.3) is 28.7 Å². The molecule has 5 nitrogen and oxygen atoms in total. The Labute approximate surface area is 255 Å². The first kappa shape index (κ1) is 28.0. The second-order valence-corrected chi connectivity index (χ2v) is 11.5. The number of para-hydroxylation sites is 1. The van der Waals surface area contributed by atoms with E-state index in [1.807, 2.05) is 53.2 Å². The molecule has 3 heterocycles. The molecule has 6 rings (SSSR count). The fourth-order valence-corrected chi connectivity index (χ4v) is 6.62. The van der Waals surface area contributed by atoms with Gasteiger partial charge in [0, 0.05) is 34.6 Å². The molecular formula is C35H32ClN2O3S+. The van der Waals surface area contributed by atoms with Gasteiger partial charge in [-0.25, -0.2) is 0 Å². The number of rotatable bonds is 7. The Bertz CT molecular complexity index is 1790. The summed E-state index contributed by atoms with van der Waals surface area (Å²) in [6, 6.07) is 18.4. The second kappa shape index (κ2) is 12.4. The number of carbonyl (C=O) groups excluding carboxylic acids is 1. The van der Waals surface area contributed by atoms with Crippen LogP contribution in [0.5, 0.6) is 0 Å². The quantitative estimate of drug-likeness (QED) is 0.158. The van der Waals surface area contributed by atoms with Crippen molar-refractivity contribution in [1.82, 2.24) is 0 Å². The van der Waals surface area contributed by atoms with Crippen molar-refractivity contribution in [3.63, 3.8) is 0 Å². The average Bonchev–Trinajstić information content (AvgIpc) is 3.60. The first-order valence-electron chi connectivity index (χ1n) is 14.2. The molecule has 2 aliphatic rings. The number of aromatic nitrogens is 1. The number of allylic oxidation sites excluding steroid dienone is 7. The second-order valence-electron chi connectivity index (χ2n) is 10.3. The molecule has 0 saturated carbocycles. The van der Waals surface area contributed by atoms with E-state index in [4.69, 9.17) is 20.8 Å². The minimum Gasteiger partial charge on any atom is -0.466 e. The first-order chi connectivity index (χ1) is 20.5. The molecule has 0 spiro atoms. The number of esters is 1. The molecule has 0 bridgehead atoms. The zero-order valence-corrected chi connectivity index (χ0v) is 25.3. The van der Waals surface area contributed by atoms with Crippen molar-refractivity contribution in [2.24, 2.45) is 0 Å². The molecule has 42 heavy (non-hydrogen) atoms. The fraction of sp³-hybridized carbons (Fsp3) is 0.200. The van der Waals surface area contributed by atoms with E-state index in [0.717, 1.165) is 68.8 Å². The third kappa shape index (κ3) is 5.78. The maximum atomic E-state index is 12.7. The summed E-state index contributed by atoms with van der Waals surface area (Å²) in [4.78, 5) is 14.9. The van der Waals surface area contributed by atoms with Crippen molar-refractivity contribution in [3.05, 3.63) is 123 Å². The normalized spacial score (nSPS) is 17.4. The van der Waals surface area contributed by atoms with Crippen molar-refractivity contribution in [2.75, 3.05) is 18.6 Å². The summed E-state index contributed by atoms with van der Waals surface area (Å²) in [6.45, 7) is 2.16. The predicted octanol–water partition coefficient (Wildman–Crippen LogP) is 8.73. The summed E-state index contributed by atoms with van der Waals surface area (Å²) in [5, 5.41) is 3.64. The van der Waals surface area contributed by atoms with Crippen LogP contribution in [0.3, 0.4) is 0 Å². The molecule has 0 amide bonds. The van der Waals surface area contributed by atoms with Gasteiger partial charge in [0.05, 0.1) is 13.0 Å². The Morgan fingerprint density at radius 2 is 1.90 bits per heavy atom. The highest BCUT2D eigenvalue weighted by Crippen LogP contribution is 2.37. The van der Waals surface area contributed by atoms with Gasteiger partial charge in [-0.05, 0) is 67.2 Å². The number of oxazole rings is 1. The number of anilines is 1. The van der Waals surface area contributed by atoms with E-state index in [-0.39, 0.29) is 12.4 Å². The van der Waals surface area contributed by atoms with E-state index in [2.05, 4.69) is 66.6 Å². The van der Waals surface area contributed by atoms with Gasteiger partial charge in [0.15, 0.2) is 0 Å². The van der Waals surface area contributed by atoms with Crippen LogP contribution >= 0.6 is 22.9 Å². The van der Waals surface area contributed by atoms with Crippen molar-refractivity contribution in [2.45, 2.75) is 32.6 Å². The van der Waals surface area contributed by atoms with Gasteiger partial charge in [-0.3, -0.25) is 4.79 Å². The van der Waals surface area contributed by atoms with E-state index in [1.54, 1.807) is 11.3 Å². The van der Waals surface area contributed by atoms with E-state index >= 15 is 0 Å². The van der Waals surface area contributed by atoms with Crippen LogP contribution in [0.4, 0.5) is 5.69 Å². The number of likely N-dealkylation sites (N-methyl/N-ethyl adjacent to an activating group) is 1. The lowest BCUT2D eigenvalue weighted by Crippen LogP contribution is -2.21. The lowest BCUT2D eigenvalue weighted by Gasteiger charge is -2.26. The Hall–Kier alpha value is -4.13. The number of ether oxygens (including phenoxy) is 1. The number of thiazole rings is 1. The Morgan fingerprint density at radius 1 is 1.10 bits per heavy atom. The Kier molecular flexibility index (Phi) is 8.27. The van der Waals surface area contributed by atoms with Crippen LogP contribution in [0.1, 0.15) is 43.2 Å². The van der Waals surface area contributed by atoms with Crippen LogP contribution < -0.4 is 9.30 Å². The van der Waals surface area contributed by atoms with Gasteiger partial charge in [0.25, 0.3) is 5.01 Å². The predicted molar refractivity (Wildman–Crippen MR) is 171 cm³/mol. The van der Waals surface area contributed by atoms with Crippen molar-refractivity contribution in [1.29, 1.82) is 0 Å². The highest BCUT2D eigenvalue weighted by Gasteiger charge is 2.27. The van der Waals surface area contributed by atoms with Gasteiger partial charge in [0.1, 0.15) is 5.38 Å². The number of nitrogens with zero attached hydrogens (tertiary/aromatic N) is 2. The molecule has 0 atom stereocenters. The highest BCUT2D eigenvalue weighted by atomic mass is 35.5. The van der Waals surface area contributed by atoms with Crippen LogP contribution in [0.15, 0.2) is 117 Å². The largest absolute Gasteiger partial charge is 0.466 e. The molecule has 212 valence electrons. The van der Waals surface area contributed by atoms with E-state index in [1.165, 1.54) is 11.3 Å². The number of benzene rings is 2. The first-order valence-corrected chi connectivity index (χ1v) is 15.4. The third-order valence-corrected chi connectivity index (χ3v) is 9.03. The maximum Gasteiger partial charge on any atom is 0.390 e. The maximum absolute atomic E-state index is 12.7. The van der Waals surface area contributed by atoms with E-state index in [9.17, 15) is 4.79 Å². The number of fused-ring (bicyclic) bond motifs is 2. The third-order valence-electron chi connectivity index (χ3n) is 7.54. The Morgan fingerprint density at radius 3 is 2.74 bits per heavy atom. The standard InChI is InChI=1S/C35H32ClN2O3S/c1-3-40-33(39)21-28(35-38-22-31(41-32(38)23-42-35)25-11-5-4-6-12-25)20-27-14-9-13-26(34(27)36)17-19-29-18-16-24-10-7-8-15-30(24)37(29)2/h4-8,10-12,15-20,22-23H,3,9,13-14,21H2,1-2H3/q+1. The molecule has 2 aromatic carbocycles. The van der Waals surface area contributed by atoms with Crippen LogP contribution in [-0.2, 0) is 9.53 Å². The molecular weight excluding hydrogens is 564 g/mol. The smallest absolute Gasteiger partial charge is 0.390 e. The summed E-state index contributed by atoms with van der Waals surface area (Å²) >= 11 is 8.60. The molecule has 7 heteroatoms. The number of hydrogen-bond donors (Lipinski definition) is 0. The fourth-order valence-electron chi connectivity index (χ4n) is 5.40. The average molecular weight is 596 g/mol. The molecule has 0 radical (unpaired) electrons. The SMILES string of the molecule is CCOC(=O)C/C(=C/C1=C(Cl)C(=C\C=C2\C=Cc3ccccc3N2C)/CCC1)c1scc2oc(-c3ccccc3)c[n+]12. The zero-order chi connectivity index (χ0) is 29.1. The summed E-state index contributed by atoms with van der Waals surface area (Å²) in [5.74, 6) is 0.505. The van der Waals surface area contributed by atoms with E-state index < -0.39 is 0 Å². The minimum atomic E-state index is -0.266. The lowest BCUT2D eigenvalue weighted by atomic mass is 9.92. The number of carbonyl (C=O) groups is 1. The Balaban J connectivity index is 1.36. The zero-order valence-electron chi connectivity index (χ0n) is 23.7. The summed E-state index contributed by atoms with van der Waals surface area (Å²) < 4.78 is 13.5. The van der Waals surface area contributed by atoms with E-state index in [0.29, 0.717) is 6.61 Å². The van der Waals surface area contributed by atoms with Crippen molar-refractivity contribution < 1.29 is 18.3 Å². The molecule has 0 fully saturated rings. The lowest BCUT2D eigenvalue weighted by molar-refractivity contribution is -0.510. The summed E-state index contributed by atoms with van der Waals surface area (Å²) in [7, 11) is 2.08. The number of halogens is 1. The minimum absolute atomic E-state index is 0.147. The van der Waals surface area contributed by atoms with Gasteiger partial charge < -0.3 is 14.1 Å². The topological polar surface area (TPSA) is 46.8 Å². The van der Waals surface area contributed by atoms with Crippen LogP contribution in [0, 0.1) is 0 Å². The van der Waals surface area contributed by atoms with Crippen LogP contribution in [0.2, 0.25) is 0 Å². The van der Waals surface area contributed by atoms with Crippen molar-refractivity contribution in [3.8, 4) is 11.3 Å². The molecule has 0 unspecified atom stereocenters. The summed E-state index contributed by atoms with van der Waals surface area (Å²) in [5.41, 5.74) is 8.19. The molecule has 4 aromatic rings. The van der Waals surface area contributed by atoms with Gasteiger partial charge in [-0.15, -0.1) is 4.40 Å². The van der Waals surface area contributed by atoms with Gasteiger partial charge in [-0.1, -0.05) is 83.6 Å². The van der Waals surface area contributed by atoms with Crippen LogP contribution in [-0.4, -0.2) is 19.6 Å².